The van der Waals surface area contributed by atoms with Gasteiger partial charge in [-0.3, -0.25) is 9.69 Å². The number of hydrogen-bond acceptors (Lipinski definition) is 7. The molecular weight excluding hydrogens is 500 g/mol. The first kappa shape index (κ1) is 27.9. The van der Waals surface area contributed by atoms with Crippen LogP contribution in [0.5, 0.6) is 0 Å². The number of nitrogens with one attached hydrogen (secondary N) is 3. The molecule has 2 atom stereocenters. The molecule has 38 heavy (non-hydrogen) atoms. The quantitative estimate of drug-likeness (QED) is 0.395. The summed E-state index contributed by atoms with van der Waals surface area (Å²) < 4.78 is 5.46. The Morgan fingerprint density at radius 1 is 1.18 bits per heavy atom. The van der Waals surface area contributed by atoms with Gasteiger partial charge in [0.2, 0.25) is 5.91 Å². The van der Waals surface area contributed by atoms with Crippen molar-refractivity contribution in [2.24, 2.45) is 11.3 Å². The minimum Gasteiger partial charge on any atom is -0.381 e. The molecule has 2 saturated heterocycles. The summed E-state index contributed by atoms with van der Waals surface area (Å²) in [6.45, 7) is 10.2. The summed E-state index contributed by atoms with van der Waals surface area (Å²) in [5.74, 6) is 0.345. The van der Waals surface area contributed by atoms with Gasteiger partial charge in [0.05, 0.1) is 24.5 Å². The fourth-order valence-electron chi connectivity index (χ4n) is 5.08. The molecule has 0 spiro atoms. The number of carbonyl (C=O) groups is 1. The van der Waals surface area contributed by atoms with Gasteiger partial charge < -0.3 is 25.7 Å². The number of nitriles is 1. The highest BCUT2D eigenvalue weighted by molar-refractivity contribution is 6.30. The fourth-order valence-corrected chi connectivity index (χ4v) is 5.21. The molecule has 2 unspecified atom stereocenters. The predicted octanol–water partition coefficient (Wildman–Crippen LogP) is 4.86. The van der Waals surface area contributed by atoms with Gasteiger partial charge in [-0.2, -0.15) is 5.26 Å². The Hall–Kier alpha value is -3.12. The average Bonchev–Trinajstić information content (AvgIpc) is 2.94. The summed E-state index contributed by atoms with van der Waals surface area (Å²) in [7, 11) is 0. The molecule has 2 aliphatic rings. The van der Waals surface area contributed by atoms with Gasteiger partial charge in [-0.15, -0.1) is 0 Å². The van der Waals surface area contributed by atoms with Crippen LogP contribution in [0.1, 0.15) is 32.3 Å². The van der Waals surface area contributed by atoms with Crippen molar-refractivity contribution < 1.29 is 9.53 Å². The van der Waals surface area contributed by atoms with Gasteiger partial charge in [0.25, 0.3) is 0 Å². The van der Waals surface area contributed by atoms with Crippen molar-refractivity contribution in [3.8, 4) is 6.07 Å². The van der Waals surface area contributed by atoms with Crippen molar-refractivity contribution in [1.29, 1.82) is 10.7 Å². The Kier molecular flexibility index (Phi) is 9.26. The van der Waals surface area contributed by atoms with Crippen LogP contribution >= 0.6 is 11.6 Å². The number of benzene rings is 2. The average molecular weight is 537 g/mol. The Balaban J connectivity index is 1.38. The Morgan fingerprint density at radius 2 is 1.84 bits per heavy atom. The molecule has 202 valence electrons. The zero-order valence-electron chi connectivity index (χ0n) is 22.2. The number of hydrogen-bond donors (Lipinski definition) is 3. The van der Waals surface area contributed by atoms with Crippen LogP contribution in [-0.2, 0) is 9.53 Å². The minimum absolute atomic E-state index is 0.318. The molecule has 1 amide bonds. The first-order chi connectivity index (χ1) is 18.3. The summed E-state index contributed by atoms with van der Waals surface area (Å²) in [4.78, 5) is 18.1. The maximum absolute atomic E-state index is 13.3. The van der Waals surface area contributed by atoms with Crippen LogP contribution in [0.2, 0.25) is 5.02 Å². The summed E-state index contributed by atoms with van der Waals surface area (Å²) in [5, 5.41) is 24.8. The minimum atomic E-state index is -1.12. The van der Waals surface area contributed by atoms with Crippen LogP contribution in [-0.4, -0.2) is 69.0 Å². The molecule has 0 saturated carbocycles. The molecule has 2 aromatic carbocycles. The van der Waals surface area contributed by atoms with Crippen molar-refractivity contribution >= 4 is 40.8 Å². The number of amides is 1. The van der Waals surface area contributed by atoms with Crippen LogP contribution in [0.3, 0.4) is 0 Å². The molecule has 8 nitrogen and oxygen atoms in total. The molecule has 2 fully saturated rings. The van der Waals surface area contributed by atoms with E-state index in [2.05, 4.69) is 26.5 Å². The van der Waals surface area contributed by atoms with Gasteiger partial charge >= 0.3 is 0 Å². The number of ether oxygens (including phenoxy) is 1. The second-order valence-electron chi connectivity index (χ2n) is 10.4. The molecule has 4 rings (SSSR count). The Labute approximate surface area is 230 Å². The SMILES string of the molecule is CC(Nc1ccc(Cl)cc1)C(C)(C=N)C(=O)Nc1ccc(N2CCC(CN3CCOCC3)CC2)c(C#N)c1. The predicted molar refractivity (Wildman–Crippen MR) is 153 cm³/mol. The molecular formula is C29H37ClN6O2. The smallest absolute Gasteiger partial charge is 0.237 e. The van der Waals surface area contributed by atoms with Crippen molar-refractivity contribution in [2.45, 2.75) is 32.7 Å². The van der Waals surface area contributed by atoms with Gasteiger partial charge in [0, 0.05) is 61.4 Å². The number of halogens is 1. The number of carbonyl (C=O) groups excluding carboxylic acids is 1. The fraction of sp³-hybridized carbons (Fsp3) is 0.483. The number of nitrogens with zero attached hydrogens (tertiary/aromatic N) is 3. The number of anilines is 3. The molecule has 2 aromatic rings. The lowest BCUT2D eigenvalue weighted by atomic mass is 9.83. The van der Waals surface area contributed by atoms with Crippen molar-refractivity contribution in [1.82, 2.24) is 4.90 Å². The highest BCUT2D eigenvalue weighted by atomic mass is 35.5. The maximum Gasteiger partial charge on any atom is 0.237 e. The van der Waals surface area contributed by atoms with Crippen molar-refractivity contribution in [3.05, 3.63) is 53.1 Å². The van der Waals surface area contributed by atoms with Crippen molar-refractivity contribution in [3.63, 3.8) is 0 Å². The van der Waals surface area contributed by atoms with E-state index in [1.54, 1.807) is 25.1 Å². The molecule has 9 heteroatoms. The first-order valence-electron chi connectivity index (χ1n) is 13.3. The van der Waals surface area contributed by atoms with Gasteiger partial charge in [0.15, 0.2) is 0 Å². The maximum atomic E-state index is 13.3. The lowest BCUT2D eigenvalue weighted by Gasteiger charge is -2.37. The van der Waals surface area contributed by atoms with Gasteiger partial charge in [-0.1, -0.05) is 11.6 Å². The monoisotopic (exact) mass is 536 g/mol. The molecule has 0 radical (unpaired) electrons. The molecule has 2 aliphatic heterocycles. The van der Waals surface area contributed by atoms with Crippen LogP contribution in [0, 0.1) is 28.1 Å². The van der Waals surface area contributed by atoms with E-state index in [-0.39, 0.29) is 11.9 Å². The third-order valence-electron chi connectivity index (χ3n) is 7.87. The van der Waals surface area contributed by atoms with E-state index in [1.807, 2.05) is 31.2 Å². The third kappa shape index (κ3) is 6.65. The Bertz CT molecular complexity index is 1150. The van der Waals surface area contributed by atoms with E-state index in [9.17, 15) is 10.1 Å². The van der Waals surface area contributed by atoms with E-state index >= 15 is 0 Å². The van der Waals surface area contributed by atoms with E-state index in [0.29, 0.717) is 22.2 Å². The van der Waals surface area contributed by atoms with Crippen LogP contribution < -0.4 is 15.5 Å². The third-order valence-corrected chi connectivity index (χ3v) is 8.12. The summed E-state index contributed by atoms with van der Waals surface area (Å²) >= 11 is 5.97. The zero-order valence-corrected chi connectivity index (χ0v) is 22.9. The van der Waals surface area contributed by atoms with E-state index < -0.39 is 5.41 Å². The highest BCUT2D eigenvalue weighted by Crippen LogP contribution is 2.30. The zero-order chi connectivity index (χ0) is 27.1. The molecule has 0 aromatic heterocycles. The topological polar surface area (TPSA) is 104 Å². The summed E-state index contributed by atoms with van der Waals surface area (Å²) in [6.07, 6.45) is 3.35. The molecule has 0 bridgehead atoms. The van der Waals surface area contributed by atoms with Crippen LogP contribution in [0.4, 0.5) is 17.1 Å². The number of morpholine rings is 1. The molecule has 2 heterocycles. The second-order valence-corrected chi connectivity index (χ2v) is 10.9. The van der Waals surface area contributed by atoms with Crippen LogP contribution in [0.15, 0.2) is 42.5 Å². The van der Waals surface area contributed by atoms with E-state index in [1.165, 1.54) is 0 Å². The van der Waals surface area contributed by atoms with E-state index in [4.69, 9.17) is 21.7 Å². The second kappa shape index (κ2) is 12.6. The molecule has 0 aliphatic carbocycles. The number of rotatable bonds is 9. The number of piperidine rings is 1. The largest absolute Gasteiger partial charge is 0.381 e. The lowest BCUT2D eigenvalue weighted by molar-refractivity contribution is -0.121. The lowest BCUT2D eigenvalue weighted by Crippen LogP contribution is -2.46. The summed E-state index contributed by atoms with van der Waals surface area (Å²) in [5.41, 5.74) is 1.69. The van der Waals surface area contributed by atoms with Crippen LogP contribution in [0.25, 0.3) is 0 Å². The van der Waals surface area contributed by atoms with Gasteiger partial charge in [0.1, 0.15) is 11.5 Å². The standard InChI is InChI=1S/C29H37ClN6O2/c1-21(33-25-5-3-24(30)4-6-25)29(2,20-32)28(37)34-26-7-8-27(23(17-26)18-31)36-11-9-22(10-12-36)19-35-13-15-38-16-14-35/h3-8,17,20-22,32-33H,9-16,19H2,1-2H3,(H,34,37). The highest BCUT2D eigenvalue weighted by Gasteiger charge is 2.37. The normalized spacial score (nSPS) is 19.2. The van der Waals surface area contributed by atoms with Gasteiger partial charge in [-0.25, -0.2) is 0 Å². The Morgan fingerprint density at radius 3 is 2.47 bits per heavy atom. The summed E-state index contributed by atoms with van der Waals surface area (Å²) in [6, 6.07) is 14.7. The van der Waals surface area contributed by atoms with E-state index in [0.717, 1.165) is 76.4 Å². The molecule has 3 N–H and O–H groups in total. The van der Waals surface area contributed by atoms with Crippen molar-refractivity contribution in [2.75, 3.05) is 61.5 Å². The van der Waals surface area contributed by atoms with Gasteiger partial charge in [-0.05, 0) is 75.1 Å². The first-order valence-corrected chi connectivity index (χ1v) is 13.6.